The topological polar surface area (TPSA) is 55.4 Å². The maximum Gasteiger partial charge on any atom is 0.416 e. The summed E-state index contributed by atoms with van der Waals surface area (Å²) in [6.45, 7) is 1.70. The second kappa shape index (κ2) is 7.83. The Labute approximate surface area is 142 Å². The zero-order valence-electron chi connectivity index (χ0n) is 13.4. The van der Waals surface area contributed by atoms with Crippen LogP contribution in [0.15, 0.2) is 48.5 Å². The van der Waals surface area contributed by atoms with Gasteiger partial charge in [-0.05, 0) is 42.3 Å². The van der Waals surface area contributed by atoms with E-state index in [9.17, 15) is 22.8 Å². The van der Waals surface area contributed by atoms with Crippen molar-refractivity contribution in [3.63, 3.8) is 0 Å². The molecule has 0 aliphatic heterocycles. The van der Waals surface area contributed by atoms with Gasteiger partial charge in [0.25, 0.3) is 5.91 Å². The van der Waals surface area contributed by atoms with E-state index in [1.54, 1.807) is 0 Å². The molecule has 1 amide bonds. The Morgan fingerprint density at radius 2 is 1.68 bits per heavy atom. The molecule has 0 aliphatic carbocycles. The first-order chi connectivity index (χ1) is 11.8. The predicted molar refractivity (Wildman–Crippen MR) is 84.8 cm³/mol. The highest BCUT2D eigenvalue weighted by molar-refractivity contribution is 5.91. The molecule has 7 heteroatoms. The lowest BCUT2D eigenvalue weighted by Gasteiger charge is -2.09. The third kappa shape index (κ3) is 5.34. The summed E-state index contributed by atoms with van der Waals surface area (Å²) in [6.07, 6.45) is -4.47. The number of alkyl halides is 3. The number of carbonyl (C=O) groups excluding carboxylic acids is 2. The van der Waals surface area contributed by atoms with E-state index in [1.807, 2.05) is 31.2 Å². The van der Waals surface area contributed by atoms with Crippen LogP contribution in [-0.4, -0.2) is 18.5 Å². The maximum absolute atomic E-state index is 12.5. The number of benzene rings is 2. The van der Waals surface area contributed by atoms with E-state index in [1.165, 1.54) is 0 Å². The third-order valence-electron chi connectivity index (χ3n) is 3.52. The van der Waals surface area contributed by atoms with Gasteiger partial charge in [0.15, 0.2) is 6.61 Å². The van der Waals surface area contributed by atoms with Gasteiger partial charge in [0.05, 0.1) is 11.1 Å². The van der Waals surface area contributed by atoms with Crippen LogP contribution in [0.5, 0.6) is 0 Å². The highest BCUT2D eigenvalue weighted by Crippen LogP contribution is 2.29. The van der Waals surface area contributed by atoms with E-state index in [2.05, 4.69) is 5.32 Å². The van der Waals surface area contributed by atoms with E-state index in [0.717, 1.165) is 35.4 Å². The molecule has 25 heavy (non-hydrogen) atoms. The quantitative estimate of drug-likeness (QED) is 0.839. The molecule has 2 aromatic carbocycles. The van der Waals surface area contributed by atoms with E-state index < -0.39 is 30.2 Å². The van der Waals surface area contributed by atoms with Crippen molar-refractivity contribution in [3.05, 3.63) is 70.8 Å². The van der Waals surface area contributed by atoms with Crippen molar-refractivity contribution in [3.8, 4) is 0 Å². The summed E-state index contributed by atoms with van der Waals surface area (Å²) in [5.41, 5.74) is 1.04. The van der Waals surface area contributed by atoms with Crippen LogP contribution in [0.25, 0.3) is 0 Å². The average Bonchev–Trinajstić information content (AvgIpc) is 2.58. The number of rotatable bonds is 5. The Morgan fingerprint density at radius 3 is 2.28 bits per heavy atom. The number of nitrogens with one attached hydrogen (secondary N) is 1. The molecule has 2 aromatic rings. The monoisotopic (exact) mass is 351 g/mol. The Hall–Kier alpha value is -2.83. The fourth-order valence-corrected chi connectivity index (χ4v) is 2.06. The van der Waals surface area contributed by atoms with Crippen molar-refractivity contribution < 1.29 is 27.5 Å². The molecule has 0 heterocycles. The average molecular weight is 351 g/mol. The predicted octanol–water partition coefficient (Wildman–Crippen LogP) is 3.49. The van der Waals surface area contributed by atoms with Gasteiger partial charge >= 0.3 is 12.1 Å². The van der Waals surface area contributed by atoms with E-state index >= 15 is 0 Å². The molecule has 0 saturated heterocycles. The zero-order valence-corrected chi connectivity index (χ0v) is 13.4. The van der Waals surface area contributed by atoms with Crippen LogP contribution in [0.4, 0.5) is 13.2 Å². The summed E-state index contributed by atoms with van der Waals surface area (Å²) in [4.78, 5) is 23.5. The standard InChI is InChI=1S/C18H16F3NO3/c1-12-4-2-3-5-14(12)10-22-16(23)11-25-17(24)13-6-8-15(9-7-13)18(19,20)21/h2-9H,10-11H2,1H3,(H,22,23). The van der Waals surface area contributed by atoms with Crippen molar-refractivity contribution in [1.82, 2.24) is 5.32 Å². The van der Waals surface area contributed by atoms with Crippen LogP contribution in [0.1, 0.15) is 27.0 Å². The van der Waals surface area contributed by atoms with Gasteiger partial charge in [0.1, 0.15) is 0 Å². The van der Waals surface area contributed by atoms with E-state index in [4.69, 9.17) is 4.74 Å². The van der Waals surface area contributed by atoms with Crippen LogP contribution in [0, 0.1) is 6.92 Å². The smallest absolute Gasteiger partial charge is 0.416 e. The van der Waals surface area contributed by atoms with Crippen LogP contribution in [0.3, 0.4) is 0 Å². The SMILES string of the molecule is Cc1ccccc1CNC(=O)COC(=O)c1ccc(C(F)(F)F)cc1. The minimum Gasteiger partial charge on any atom is -0.452 e. The molecule has 2 rings (SSSR count). The summed E-state index contributed by atoms with van der Waals surface area (Å²) in [6, 6.07) is 11.1. The van der Waals surface area contributed by atoms with Crippen molar-refractivity contribution in [2.75, 3.05) is 6.61 Å². The fraction of sp³-hybridized carbons (Fsp3) is 0.222. The lowest BCUT2D eigenvalue weighted by molar-refractivity contribution is -0.137. The molecular formula is C18H16F3NO3. The Balaban J connectivity index is 1.83. The Bertz CT molecular complexity index is 755. The van der Waals surface area contributed by atoms with Crippen LogP contribution < -0.4 is 5.32 Å². The molecule has 132 valence electrons. The maximum atomic E-state index is 12.5. The molecule has 0 unspecified atom stereocenters. The lowest BCUT2D eigenvalue weighted by Crippen LogP contribution is -2.28. The van der Waals surface area contributed by atoms with E-state index in [-0.39, 0.29) is 5.56 Å². The zero-order chi connectivity index (χ0) is 18.4. The van der Waals surface area contributed by atoms with Crippen LogP contribution >= 0.6 is 0 Å². The van der Waals surface area contributed by atoms with Gasteiger partial charge in [0, 0.05) is 6.54 Å². The Kier molecular flexibility index (Phi) is 5.80. The minimum atomic E-state index is -4.47. The molecule has 0 saturated carbocycles. The minimum absolute atomic E-state index is 0.0558. The number of esters is 1. The molecule has 0 aliphatic rings. The molecule has 0 spiro atoms. The summed E-state index contributed by atoms with van der Waals surface area (Å²) in [7, 11) is 0. The van der Waals surface area contributed by atoms with Gasteiger partial charge < -0.3 is 10.1 Å². The van der Waals surface area contributed by atoms with Crippen LogP contribution in [-0.2, 0) is 22.3 Å². The number of hydrogen-bond acceptors (Lipinski definition) is 3. The lowest BCUT2D eigenvalue weighted by atomic mass is 10.1. The van der Waals surface area contributed by atoms with Gasteiger partial charge in [-0.25, -0.2) is 4.79 Å². The highest BCUT2D eigenvalue weighted by Gasteiger charge is 2.30. The van der Waals surface area contributed by atoms with Crippen LogP contribution in [0.2, 0.25) is 0 Å². The number of halogens is 3. The van der Waals surface area contributed by atoms with Crippen molar-refractivity contribution >= 4 is 11.9 Å². The normalized spacial score (nSPS) is 11.0. The van der Waals surface area contributed by atoms with Gasteiger partial charge in [0.2, 0.25) is 0 Å². The van der Waals surface area contributed by atoms with Gasteiger partial charge in [-0.3, -0.25) is 4.79 Å². The summed E-state index contributed by atoms with van der Waals surface area (Å²) in [5, 5.41) is 2.61. The molecular weight excluding hydrogens is 335 g/mol. The molecule has 1 N–H and O–H groups in total. The molecule has 0 atom stereocenters. The van der Waals surface area contributed by atoms with Crippen molar-refractivity contribution in [1.29, 1.82) is 0 Å². The third-order valence-corrected chi connectivity index (χ3v) is 3.52. The number of aryl methyl sites for hydroxylation is 1. The Morgan fingerprint density at radius 1 is 1.04 bits per heavy atom. The van der Waals surface area contributed by atoms with Gasteiger partial charge in [-0.15, -0.1) is 0 Å². The largest absolute Gasteiger partial charge is 0.452 e. The molecule has 0 radical (unpaired) electrons. The fourth-order valence-electron chi connectivity index (χ4n) is 2.06. The number of hydrogen-bond donors (Lipinski definition) is 1. The molecule has 0 fully saturated rings. The first-order valence-corrected chi connectivity index (χ1v) is 7.43. The molecule has 0 bridgehead atoms. The summed E-state index contributed by atoms with van der Waals surface area (Å²) < 4.78 is 42.2. The van der Waals surface area contributed by atoms with E-state index in [0.29, 0.717) is 6.54 Å². The number of ether oxygens (including phenoxy) is 1. The van der Waals surface area contributed by atoms with Gasteiger partial charge in [-0.2, -0.15) is 13.2 Å². The first-order valence-electron chi connectivity index (χ1n) is 7.43. The highest BCUT2D eigenvalue weighted by atomic mass is 19.4. The molecule has 0 aromatic heterocycles. The van der Waals surface area contributed by atoms with Gasteiger partial charge in [-0.1, -0.05) is 24.3 Å². The number of carbonyl (C=O) groups is 2. The first kappa shape index (κ1) is 18.5. The number of amides is 1. The van der Waals surface area contributed by atoms with Crippen molar-refractivity contribution in [2.45, 2.75) is 19.6 Å². The second-order valence-corrected chi connectivity index (χ2v) is 5.35. The second-order valence-electron chi connectivity index (χ2n) is 5.35. The summed E-state index contributed by atoms with van der Waals surface area (Å²) in [5.74, 6) is -1.36. The summed E-state index contributed by atoms with van der Waals surface area (Å²) >= 11 is 0. The molecule has 4 nitrogen and oxygen atoms in total. The van der Waals surface area contributed by atoms with Crippen molar-refractivity contribution in [2.24, 2.45) is 0 Å².